The molecule has 0 aromatic carbocycles. The molecule has 0 spiro atoms. The Bertz CT molecular complexity index is 493. The Morgan fingerprint density at radius 2 is 2.14 bits per heavy atom. The second kappa shape index (κ2) is 7.27. The van der Waals surface area contributed by atoms with Crippen molar-refractivity contribution in [3.63, 3.8) is 0 Å². The standard InChI is InChI=1S/C16H26N2O2S/c1-10(2)20-9-5-4-8-18-16-13(12-6-7-12)14(17)15(21-16)11(3)19/h10,12,18H,4-9,17H2,1-3H3. The quantitative estimate of drug-likeness (QED) is 0.534. The van der Waals surface area contributed by atoms with Crippen molar-refractivity contribution in [3.8, 4) is 0 Å². The Morgan fingerprint density at radius 1 is 1.43 bits per heavy atom. The predicted molar refractivity (Wildman–Crippen MR) is 89.5 cm³/mol. The molecule has 0 aliphatic heterocycles. The topological polar surface area (TPSA) is 64.3 Å². The lowest BCUT2D eigenvalue weighted by atomic mass is 10.1. The molecule has 118 valence electrons. The number of carbonyl (C=O) groups excluding carboxylic acids is 1. The van der Waals surface area contributed by atoms with Crippen molar-refractivity contribution < 1.29 is 9.53 Å². The van der Waals surface area contributed by atoms with Crippen LogP contribution in [0.15, 0.2) is 0 Å². The van der Waals surface area contributed by atoms with Crippen LogP contribution in [0.3, 0.4) is 0 Å². The lowest BCUT2D eigenvalue weighted by molar-refractivity contribution is 0.0765. The average molecular weight is 310 g/mol. The van der Waals surface area contributed by atoms with E-state index in [1.54, 1.807) is 6.92 Å². The molecular formula is C16H26N2O2S. The fraction of sp³-hybridized carbons (Fsp3) is 0.688. The number of nitrogen functional groups attached to an aromatic ring is 1. The third kappa shape index (κ3) is 4.45. The van der Waals surface area contributed by atoms with E-state index in [1.165, 1.54) is 29.7 Å². The van der Waals surface area contributed by atoms with Crippen molar-refractivity contribution in [2.45, 2.75) is 58.5 Å². The lowest BCUT2D eigenvalue weighted by Crippen LogP contribution is -2.07. The van der Waals surface area contributed by atoms with Crippen LogP contribution in [0.25, 0.3) is 0 Å². The van der Waals surface area contributed by atoms with Crippen LogP contribution in [-0.2, 0) is 4.74 Å². The van der Waals surface area contributed by atoms with Crippen LogP contribution in [0.5, 0.6) is 0 Å². The molecule has 1 heterocycles. The number of anilines is 2. The van der Waals surface area contributed by atoms with Gasteiger partial charge in [-0.1, -0.05) is 0 Å². The fourth-order valence-corrected chi connectivity index (χ4v) is 3.50. The summed E-state index contributed by atoms with van der Waals surface area (Å²) in [7, 11) is 0. The van der Waals surface area contributed by atoms with Gasteiger partial charge in [-0.3, -0.25) is 4.79 Å². The predicted octanol–water partition coefficient (Wildman–Crippen LogP) is 4.03. The van der Waals surface area contributed by atoms with E-state index in [2.05, 4.69) is 19.2 Å². The number of Topliss-reactive ketones (excluding diaryl/α,β-unsaturated/α-hetero) is 1. The SMILES string of the molecule is CC(=O)c1sc(NCCCCOC(C)C)c(C2CC2)c1N. The van der Waals surface area contributed by atoms with Crippen molar-refractivity contribution in [2.24, 2.45) is 0 Å². The number of ether oxygens (including phenoxy) is 1. The molecule has 0 bridgehead atoms. The van der Waals surface area contributed by atoms with Gasteiger partial charge in [0.15, 0.2) is 5.78 Å². The van der Waals surface area contributed by atoms with Crippen molar-refractivity contribution in [3.05, 3.63) is 10.4 Å². The van der Waals surface area contributed by atoms with E-state index in [0.29, 0.717) is 22.6 Å². The van der Waals surface area contributed by atoms with Crippen LogP contribution < -0.4 is 11.1 Å². The minimum atomic E-state index is 0.0674. The highest BCUT2D eigenvalue weighted by Crippen LogP contribution is 2.50. The number of thiophene rings is 1. The molecule has 4 nitrogen and oxygen atoms in total. The van der Waals surface area contributed by atoms with Gasteiger partial charge in [0, 0.05) is 25.6 Å². The van der Waals surface area contributed by atoms with Gasteiger partial charge >= 0.3 is 0 Å². The molecule has 0 saturated heterocycles. The first kappa shape index (κ1) is 16.3. The summed E-state index contributed by atoms with van der Waals surface area (Å²) in [6, 6.07) is 0. The van der Waals surface area contributed by atoms with E-state index in [-0.39, 0.29) is 5.78 Å². The number of nitrogens with one attached hydrogen (secondary N) is 1. The van der Waals surface area contributed by atoms with Gasteiger partial charge in [0.25, 0.3) is 0 Å². The van der Waals surface area contributed by atoms with Crippen LogP contribution in [0.4, 0.5) is 10.7 Å². The minimum Gasteiger partial charge on any atom is -0.397 e. The number of nitrogens with two attached hydrogens (primary N) is 1. The largest absolute Gasteiger partial charge is 0.397 e. The zero-order valence-corrected chi connectivity index (χ0v) is 14.0. The van der Waals surface area contributed by atoms with E-state index in [0.717, 1.165) is 31.0 Å². The Morgan fingerprint density at radius 3 is 2.71 bits per heavy atom. The third-order valence-electron chi connectivity index (χ3n) is 3.60. The first-order valence-electron chi connectivity index (χ1n) is 7.79. The summed E-state index contributed by atoms with van der Waals surface area (Å²) in [5, 5.41) is 4.57. The molecule has 0 amide bonds. The average Bonchev–Trinajstić information content (AvgIpc) is 3.18. The molecule has 1 aliphatic carbocycles. The minimum absolute atomic E-state index is 0.0674. The van der Waals surface area contributed by atoms with Gasteiger partial charge in [-0.25, -0.2) is 0 Å². The van der Waals surface area contributed by atoms with Crippen LogP contribution in [0, 0.1) is 0 Å². The zero-order chi connectivity index (χ0) is 15.4. The number of unbranched alkanes of at least 4 members (excludes halogenated alkanes) is 1. The van der Waals surface area contributed by atoms with Gasteiger partial charge in [0.05, 0.1) is 21.7 Å². The number of hydrogen-bond acceptors (Lipinski definition) is 5. The number of hydrogen-bond donors (Lipinski definition) is 2. The van der Waals surface area contributed by atoms with E-state index in [4.69, 9.17) is 10.5 Å². The second-order valence-corrected chi connectivity index (χ2v) is 6.99. The third-order valence-corrected chi connectivity index (χ3v) is 4.88. The highest BCUT2D eigenvalue weighted by Gasteiger charge is 2.32. The van der Waals surface area contributed by atoms with Crippen molar-refractivity contribution >= 4 is 27.8 Å². The monoisotopic (exact) mass is 310 g/mol. The summed E-state index contributed by atoms with van der Waals surface area (Å²) < 4.78 is 5.53. The molecule has 21 heavy (non-hydrogen) atoms. The van der Waals surface area contributed by atoms with Crippen molar-refractivity contribution in [2.75, 3.05) is 24.2 Å². The molecule has 0 atom stereocenters. The van der Waals surface area contributed by atoms with E-state index >= 15 is 0 Å². The Labute approximate surface area is 131 Å². The maximum absolute atomic E-state index is 11.6. The smallest absolute Gasteiger partial charge is 0.171 e. The van der Waals surface area contributed by atoms with Crippen molar-refractivity contribution in [1.82, 2.24) is 0 Å². The van der Waals surface area contributed by atoms with E-state index in [9.17, 15) is 4.79 Å². The number of rotatable bonds is 9. The molecular weight excluding hydrogens is 284 g/mol. The van der Waals surface area contributed by atoms with Gasteiger partial charge in [0.2, 0.25) is 0 Å². The number of ketones is 1. The Balaban J connectivity index is 1.87. The molecule has 1 saturated carbocycles. The van der Waals surface area contributed by atoms with Crippen LogP contribution in [-0.4, -0.2) is 25.0 Å². The molecule has 2 rings (SSSR count). The fourth-order valence-electron chi connectivity index (χ4n) is 2.37. The highest BCUT2D eigenvalue weighted by molar-refractivity contribution is 7.18. The van der Waals surface area contributed by atoms with Crippen LogP contribution in [0.1, 0.15) is 67.6 Å². The molecule has 1 fully saturated rings. The molecule has 1 aromatic heterocycles. The summed E-state index contributed by atoms with van der Waals surface area (Å²) in [4.78, 5) is 12.4. The summed E-state index contributed by atoms with van der Waals surface area (Å²) in [6.07, 6.45) is 4.79. The first-order valence-corrected chi connectivity index (χ1v) is 8.61. The lowest BCUT2D eigenvalue weighted by Gasteiger charge is -2.09. The number of carbonyl (C=O) groups is 1. The normalized spacial score (nSPS) is 14.7. The molecule has 5 heteroatoms. The molecule has 0 unspecified atom stereocenters. The molecule has 0 radical (unpaired) electrons. The van der Waals surface area contributed by atoms with E-state index in [1.807, 2.05) is 0 Å². The van der Waals surface area contributed by atoms with Crippen LogP contribution >= 0.6 is 11.3 Å². The molecule has 1 aliphatic rings. The van der Waals surface area contributed by atoms with Crippen LogP contribution in [0.2, 0.25) is 0 Å². The van der Waals surface area contributed by atoms with Gasteiger partial charge in [-0.15, -0.1) is 11.3 Å². The first-order chi connectivity index (χ1) is 10.0. The summed E-state index contributed by atoms with van der Waals surface area (Å²) in [6.45, 7) is 7.40. The summed E-state index contributed by atoms with van der Waals surface area (Å²) in [5.41, 5.74) is 8.05. The van der Waals surface area contributed by atoms with E-state index < -0.39 is 0 Å². The zero-order valence-electron chi connectivity index (χ0n) is 13.2. The van der Waals surface area contributed by atoms with Gasteiger partial charge in [-0.05, 0) is 45.4 Å². The molecule has 3 N–H and O–H groups in total. The maximum atomic E-state index is 11.6. The Kier molecular flexibility index (Phi) is 5.65. The van der Waals surface area contributed by atoms with Gasteiger partial charge in [0.1, 0.15) is 0 Å². The maximum Gasteiger partial charge on any atom is 0.171 e. The second-order valence-electron chi connectivity index (χ2n) is 5.97. The summed E-state index contributed by atoms with van der Waals surface area (Å²) in [5.74, 6) is 0.624. The van der Waals surface area contributed by atoms with Gasteiger partial charge in [-0.2, -0.15) is 0 Å². The van der Waals surface area contributed by atoms with Gasteiger partial charge < -0.3 is 15.8 Å². The molecule has 1 aromatic rings. The summed E-state index contributed by atoms with van der Waals surface area (Å²) >= 11 is 1.51. The highest BCUT2D eigenvalue weighted by atomic mass is 32.1. The van der Waals surface area contributed by atoms with Crippen molar-refractivity contribution in [1.29, 1.82) is 0 Å². The Hall–Kier alpha value is -1.07.